The molecule has 1 aromatic rings. The molecule has 0 spiro atoms. The fraction of sp³-hybridized carbons (Fsp3) is 0.417. The number of hydrogen-bond donors (Lipinski definition) is 1. The van der Waals surface area contributed by atoms with Gasteiger partial charge in [0.1, 0.15) is 0 Å². The molecule has 1 saturated heterocycles. The predicted octanol–water partition coefficient (Wildman–Crippen LogP) is 2.52. The number of hydrogen-bond acceptors (Lipinski definition) is 1. The second-order valence-electron chi connectivity index (χ2n) is 3.93. The van der Waals surface area contributed by atoms with Crippen LogP contribution in [0.5, 0.6) is 0 Å². The summed E-state index contributed by atoms with van der Waals surface area (Å²) in [4.78, 5) is 11.6. The Morgan fingerprint density at radius 1 is 1.40 bits per heavy atom. The van der Waals surface area contributed by atoms with Crippen molar-refractivity contribution in [1.82, 2.24) is 5.32 Å². The lowest BCUT2D eigenvalue weighted by Crippen LogP contribution is -2.37. The van der Waals surface area contributed by atoms with Crippen LogP contribution in [0.4, 0.5) is 0 Å². The van der Waals surface area contributed by atoms with E-state index in [0.717, 1.165) is 30.3 Å². The van der Waals surface area contributed by atoms with E-state index >= 15 is 0 Å². The second-order valence-corrected chi connectivity index (χ2v) is 4.78. The van der Waals surface area contributed by atoms with Crippen LogP contribution in [0.2, 0.25) is 0 Å². The molecule has 1 fully saturated rings. The first-order valence-electron chi connectivity index (χ1n) is 5.28. The average molecular weight is 268 g/mol. The molecule has 0 saturated carbocycles. The van der Waals surface area contributed by atoms with E-state index in [9.17, 15) is 4.79 Å². The van der Waals surface area contributed by atoms with Crippen LogP contribution in [0.1, 0.15) is 18.4 Å². The Morgan fingerprint density at radius 3 is 2.93 bits per heavy atom. The van der Waals surface area contributed by atoms with Crippen molar-refractivity contribution >= 4 is 21.8 Å². The molecule has 0 bridgehead atoms. The van der Waals surface area contributed by atoms with Gasteiger partial charge in [0.25, 0.3) is 0 Å². The minimum atomic E-state index is 0.150. The molecule has 0 aromatic heterocycles. The van der Waals surface area contributed by atoms with Crippen molar-refractivity contribution in [2.45, 2.75) is 19.3 Å². The van der Waals surface area contributed by atoms with Gasteiger partial charge in [0.2, 0.25) is 5.91 Å². The van der Waals surface area contributed by atoms with E-state index < -0.39 is 0 Å². The molecular weight excluding hydrogens is 254 g/mol. The van der Waals surface area contributed by atoms with Crippen LogP contribution in [0.3, 0.4) is 0 Å². The van der Waals surface area contributed by atoms with Gasteiger partial charge in [-0.15, -0.1) is 0 Å². The molecule has 2 nitrogen and oxygen atoms in total. The number of carbonyl (C=O) groups is 1. The van der Waals surface area contributed by atoms with E-state index in [1.165, 1.54) is 5.56 Å². The number of carbonyl (C=O) groups excluding carboxylic acids is 1. The topological polar surface area (TPSA) is 29.1 Å². The maximum absolute atomic E-state index is 11.6. The van der Waals surface area contributed by atoms with Crippen LogP contribution >= 0.6 is 15.9 Å². The number of amides is 1. The van der Waals surface area contributed by atoms with Gasteiger partial charge in [0, 0.05) is 16.9 Å². The Hall–Kier alpha value is -0.830. The molecule has 1 heterocycles. The third-order valence-corrected chi connectivity index (χ3v) is 3.60. The van der Waals surface area contributed by atoms with E-state index in [1.54, 1.807) is 0 Å². The Kier molecular flexibility index (Phi) is 3.41. The molecule has 3 heteroatoms. The SMILES string of the molecule is O=C1NCCC[C@@H]1Cc1ccccc1Br. The van der Waals surface area contributed by atoms with E-state index in [1.807, 2.05) is 18.2 Å². The molecule has 1 aliphatic heterocycles. The Morgan fingerprint density at radius 2 is 2.20 bits per heavy atom. The zero-order chi connectivity index (χ0) is 10.7. The number of halogens is 1. The molecule has 1 aromatic carbocycles. The van der Waals surface area contributed by atoms with Crippen molar-refractivity contribution in [3.05, 3.63) is 34.3 Å². The summed E-state index contributed by atoms with van der Waals surface area (Å²) < 4.78 is 1.10. The minimum absolute atomic E-state index is 0.150. The Labute approximate surface area is 98.2 Å². The summed E-state index contributed by atoms with van der Waals surface area (Å²) in [7, 11) is 0. The fourth-order valence-electron chi connectivity index (χ4n) is 1.96. The van der Waals surface area contributed by atoms with Crippen LogP contribution < -0.4 is 5.32 Å². The number of piperidine rings is 1. The van der Waals surface area contributed by atoms with Crippen molar-refractivity contribution in [3.8, 4) is 0 Å². The largest absolute Gasteiger partial charge is 0.356 e. The Bertz CT molecular complexity index is 364. The van der Waals surface area contributed by atoms with E-state index in [0.29, 0.717) is 0 Å². The lowest BCUT2D eigenvalue weighted by Gasteiger charge is -2.22. The molecule has 2 rings (SSSR count). The number of rotatable bonds is 2. The predicted molar refractivity (Wildman–Crippen MR) is 63.6 cm³/mol. The fourth-order valence-corrected chi connectivity index (χ4v) is 2.41. The summed E-state index contributed by atoms with van der Waals surface area (Å²) in [6.45, 7) is 0.839. The van der Waals surface area contributed by atoms with Gasteiger partial charge >= 0.3 is 0 Å². The van der Waals surface area contributed by atoms with Gasteiger partial charge in [0.05, 0.1) is 0 Å². The molecule has 0 unspecified atom stereocenters. The molecule has 1 aliphatic rings. The summed E-state index contributed by atoms with van der Waals surface area (Å²) >= 11 is 3.51. The third-order valence-electron chi connectivity index (χ3n) is 2.82. The van der Waals surface area contributed by atoms with E-state index in [2.05, 4.69) is 27.3 Å². The van der Waals surface area contributed by atoms with E-state index in [4.69, 9.17) is 0 Å². The molecule has 1 atom stereocenters. The highest BCUT2D eigenvalue weighted by Gasteiger charge is 2.22. The molecule has 0 radical (unpaired) electrons. The van der Waals surface area contributed by atoms with Gasteiger partial charge in [-0.3, -0.25) is 4.79 Å². The third kappa shape index (κ3) is 2.59. The summed E-state index contributed by atoms with van der Waals surface area (Å²) in [5.74, 6) is 0.356. The number of nitrogens with one attached hydrogen (secondary N) is 1. The van der Waals surface area contributed by atoms with Crippen LogP contribution in [0.15, 0.2) is 28.7 Å². The first-order valence-corrected chi connectivity index (χ1v) is 6.08. The van der Waals surface area contributed by atoms with Gasteiger partial charge in [-0.25, -0.2) is 0 Å². The molecule has 15 heavy (non-hydrogen) atoms. The van der Waals surface area contributed by atoms with Gasteiger partial charge in [-0.1, -0.05) is 34.1 Å². The number of benzene rings is 1. The molecule has 0 aliphatic carbocycles. The minimum Gasteiger partial charge on any atom is -0.356 e. The summed E-state index contributed by atoms with van der Waals surface area (Å²) in [5, 5.41) is 2.92. The maximum atomic E-state index is 11.6. The molecule has 80 valence electrons. The first-order chi connectivity index (χ1) is 7.27. The van der Waals surface area contributed by atoms with Crippen molar-refractivity contribution in [2.24, 2.45) is 5.92 Å². The zero-order valence-corrected chi connectivity index (χ0v) is 10.1. The Balaban J connectivity index is 2.08. The quantitative estimate of drug-likeness (QED) is 0.877. The van der Waals surface area contributed by atoms with Crippen molar-refractivity contribution in [1.29, 1.82) is 0 Å². The first kappa shape index (κ1) is 10.7. The zero-order valence-electron chi connectivity index (χ0n) is 8.50. The highest BCUT2D eigenvalue weighted by atomic mass is 79.9. The van der Waals surface area contributed by atoms with Crippen LogP contribution in [0.25, 0.3) is 0 Å². The second kappa shape index (κ2) is 4.79. The molecular formula is C12H14BrNO. The highest BCUT2D eigenvalue weighted by molar-refractivity contribution is 9.10. The van der Waals surface area contributed by atoms with Crippen LogP contribution in [-0.2, 0) is 11.2 Å². The smallest absolute Gasteiger partial charge is 0.223 e. The van der Waals surface area contributed by atoms with Gasteiger partial charge in [-0.05, 0) is 30.9 Å². The summed E-state index contributed by atoms with van der Waals surface area (Å²) in [6, 6.07) is 8.11. The van der Waals surface area contributed by atoms with E-state index in [-0.39, 0.29) is 11.8 Å². The van der Waals surface area contributed by atoms with Crippen LogP contribution in [0, 0.1) is 5.92 Å². The average Bonchev–Trinajstić information content (AvgIpc) is 2.24. The monoisotopic (exact) mass is 267 g/mol. The lowest BCUT2D eigenvalue weighted by atomic mass is 9.92. The normalized spacial score (nSPS) is 21.1. The maximum Gasteiger partial charge on any atom is 0.223 e. The molecule has 1 N–H and O–H groups in total. The van der Waals surface area contributed by atoms with Crippen molar-refractivity contribution < 1.29 is 4.79 Å². The summed E-state index contributed by atoms with van der Waals surface area (Å²) in [5.41, 5.74) is 1.22. The van der Waals surface area contributed by atoms with Crippen molar-refractivity contribution in [3.63, 3.8) is 0 Å². The van der Waals surface area contributed by atoms with Crippen LogP contribution in [-0.4, -0.2) is 12.5 Å². The van der Waals surface area contributed by atoms with Crippen molar-refractivity contribution in [2.75, 3.05) is 6.54 Å². The lowest BCUT2D eigenvalue weighted by molar-refractivity contribution is -0.126. The van der Waals surface area contributed by atoms with Gasteiger partial charge in [-0.2, -0.15) is 0 Å². The molecule has 1 amide bonds. The summed E-state index contributed by atoms with van der Waals surface area (Å²) in [6.07, 6.45) is 2.95. The standard InChI is InChI=1S/C12H14BrNO/c13-11-6-2-1-4-9(11)8-10-5-3-7-14-12(10)15/h1-2,4,6,10H,3,5,7-8H2,(H,14,15)/t10-/m1/s1. The highest BCUT2D eigenvalue weighted by Crippen LogP contribution is 2.23. The van der Waals surface area contributed by atoms with Gasteiger partial charge < -0.3 is 5.32 Å². The van der Waals surface area contributed by atoms with Gasteiger partial charge in [0.15, 0.2) is 0 Å².